The summed E-state index contributed by atoms with van der Waals surface area (Å²) in [5, 5.41) is 3.50. The van der Waals surface area contributed by atoms with Crippen LogP contribution in [0.5, 0.6) is 0 Å². The van der Waals surface area contributed by atoms with Gasteiger partial charge in [-0.25, -0.2) is 0 Å². The van der Waals surface area contributed by atoms with Crippen LogP contribution < -0.4 is 5.32 Å². The summed E-state index contributed by atoms with van der Waals surface area (Å²) in [5.41, 5.74) is 5.83. The minimum Gasteiger partial charge on any atom is -0.313 e. The molecule has 1 aliphatic carbocycles. The fourth-order valence-corrected chi connectivity index (χ4v) is 4.17. The number of benzene rings is 2. The van der Waals surface area contributed by atoms with Gasteiger partial charge in [-0.05, 0) is 73.4 Å². The van der Waals surface area contributed by atoms with Gasteiger partial charge in [0, 0.05) is 18.4 Å². The fourth-order valence-electron chi connectivity index (χ4n) is 4.17. The molecule has 30 heavy (non-hydrogen) atoms. The lowest BCUT2D eigenvalue weighted by Gasteiger charge is -2.24. The highest BCUT2D eigenvalue weighted by molar-refractivity contribution is 6.05. The van der Waals surface area contributed by atoms with Gasteiger partial charge in [0.1, 0.15) is 5.78 Å². The van der Waals surface area contributed by atoms with Crippen molar-refractivity contribution >= 4 is 16.9 Å². The number of ketones is 1. The van der Waals surface area contributed by atoms with Gasteiger partial charge in [0.2, 0.25) is 0 Å². The Balaban J connectivity index is 1.83. The van der Waals surface area contributed by atoms with Gasteiger partial charge in [-0.3, -0.25) is 4.79 Å². The minimum atomic E-state index is 0.131. The lowest BCUT2D eigenvalue weighted by atomic mass is 9.85. The van der Waals surface area contributed by atoms with E-state index in [2.05, 4.69) is 74.3 Å². The van der Waals surface area contributed by atoms with Gasteiger partial charge in [0.05, 0.1) is 0 Å². The van der Waals surface area contributed by atoms with E-state index in [1.165, 1.54) is 29.6 Å². The van der Waals surface area contributed by atoms with Crippen molar-refractivity contribution in [3.8, 4) is 0 Å². The Bertz CT molecular complexity index is 877. The molecule has 1 saturated carbocycles. The molecule has 2 nitrogen and oxygen atoms in total. The number of nitrogens with one attached hydrogen (secondary N) is 1. The lowest BCUT2D eigenvalue weighted by Crippen LogP contribution is -2.28. The summed E-state index contributed by atoms with van der Waals surface area (Å²) in [6, 6.07) is 21.1. The summed E-state index contributed by atoms with van der Waals surface area (Å²) in [7, 11) is 2.01. The third kappa shape index (κ3) is 5.79. The Kier molecular flexibility index (Phi) is 7.81. The number of hydrogen-bond donors (Lipinski definition) is 1. The Morgan fingerprint density at radius 2 is 1.57 bits per heavy atom. The molecule has 0 aliphatic heterocycles. The monoisotopic (exact) mass is 401 g/mol. The zero-order valence-corrected chi connectivity index (χ0v) is 18.7. The van der Waals surface area contributed by atoms with E-state index in [0.29, 0.717) is 11.7 Å². The number of allylic oxidation sites excluding steroid dienone is 2. The molecule has 3 rings (SSSR count). The Hall–Kier alpha value is -2.45. The number of hydrogen-bond acceptors (Lipinski definition) is 2. The normalized spacial score (nSPS) is 16.5. The van der Waals surface area contributed by atoms with Crippen molar-refractivity contribution < 1.29 is 4.79 Å². The molecule has 1 N–H and O–H groups in total. The van der Waals surface area contributed by atoms with Crippen LogP contribution >= 0.6 is 0 Å². The predicted octanol–water partition coefficient (Wildman–Crippen LogP) is 6.55. The lowest BCUT2D eigenvalue weighted by molar-refractivity contribution is -0.122. The maximum absolute atomic E-state index is 12.5. The summed E-state index contributed by atoms with van der Waals surface area (Å²) >= 11 is 0. The third-order valence-corrected chi connectivity index (χ3v) is 6.38. The van der Waals surface area contributed by atoms with E-state index >= 15 is 0 Å². The summed E-state index contributed by atoms with van der Waals surface area (Å²) in [5.74, 6) is 1.23. The zero-order valence-electron chi connectivity index (χ0n) is 18.7. The van der Waals surface area contributed by atoms with Crippen LogP contribution in [0.25, 0.3) is 11.1 Å². The van der Waals surface area contributed by atoms with Crippen LogP contribution in [-0.4, -0.2) is 18.9 Å². The maximum Gasteiger partial charge on any atom is 0.135 e. The SMILES string of the molecule is C=C(/C(=C(/C)C(CCC(C)C(=O)CC1CC1)NC)c1ccccc1)c1ccccc1. The molecule has 0 heterocycles. The molecule has 158 valence electrons. The van der Waals surface area contributed by atoms with E-state index in [9.17, 15) is 4.79 Å². The topological polar surface area (TPSA) is 29.1 Å². The number of rotatable bonds is 11. The van der Waals surface area contributed by atoms with Crippen LogP contribution in [0, 0.1) is 11.8 Å². The molecule has 0 spiro atoms. The van der Waals surface area contributed by atoms with E-state index in [4.69, 9.17) is 0 Å². The van der Waals surface area contributed by atoms with Crippen molar-refractivity contribution in [1.29, 1.82) is 0 Å². The van der Waals surface area contributed by atoms with Crippen molar-refractivity contribution in [2.75, 3.05) is 7.05 Å². The van der Waals surface area contributed by atoms with Crippen molar-refractivity contribution in [3.63, 3.8) is 0 Å². The third-order valence-electron chi connectivity index (χ3n) is 6.38. The van der Waals surface area contributed by atoms with Crippen LogP contribution in [0.4, 0.5) is 0 Å². The maximum atomic E-state index is 12.5. The molecule has 0 amide bonds. The van der Waals surface area contributed by atoms with Gasteiger partial charge in [0.25, 0.3) is 0 Å². The number of carbonyl (C=O) groups excluding carboxylic acids is 1. The van der Waals surface area contributed by atoms with Gasteiger partial charge >= 0.3 is 0 Å². The van der Waals surface area contributed by atoms with E-state index in [-0.39, 0.29) is 12.0 Å². The summed E-state index contributed by atoms with van der Waals surface area (Å²) < 4.78 is 0. The molecule has 0 bridgehead atoms. The first-order chi connectivity index (χ1) is 14.5. The second kappa shape index (κ2) is 10.5. The molecule has 2 unspecified atom stereocenters. The van der Waals surface area contributed by atoms with Crippen molar-refractivity contribution in [1.82, 2.24) is 5.32 Å². The number of likely N-dealkylation sites (N-methyl/N-ethyl adjacent to an activating group) is 1. The molecule has 0 saturated heterocycles. The number of carbonyl (C=O) groups is 1. The molecule has 1 aliphatic rings. The first kappa shape index (κ1) is 22.2. The second-order valence-corrected chi connectivity index (χ2v) is 8.70. The van der Waals surface area contributed by atoms with Gasteiger partial charge < -0.3 is 5.32 Å². The molecule has 0 radical (unpaired) electrons. The van der Waals surface area contributed by atoms with E-state index in [1.807, 2.05) is 19.2 Å². The highest BCUT2D eigenvalue weighted by Crippen LogP contribution is 2.36. The van der Waals surface area contributed by atoms with Gasteiger partial charge in [0.15, 0.2) is 0 Å². The van der Waals surface area contributed by atoms with Crippen molar-refractivity contribution in [3.05, 3.63) is 83.9 Å². The standard InChI is InChI=1S/C28H35NO/c1-20(27(30)19-23-16-17-23)15-18-26(29-4)22(3)28(25-13-9-6-10-14-25)21(2)24-11-7-5-8-12-24/h5-14,20,23,26,29H,2,15-19H2,1,3-4H3/b28-22+. The first-order valence-corrected chi connectivity index (χ1v) is 11.2. The van der Waals surface area contributed by atoms with E-state index in [1.54, 1.807) is 0 Å². The largest absolute Gasteiger partial charge is 0.313 e. The molecule has 2 heteroatoms. The van der Waals surface area contributed by atoms with Crippen molar-refractivity contribution in [2.45, 2.75) is 52.0 Å². The molecular formula is C28H35NO. The minimum absolute atomic E-state index is 0.131. The summed E-state index contributed by atoms with van der Waals surface area (Å²) in [6.07, 6.45) is 5.11. The van der Waals surface area contributed by atoms with Crippen LogP contribution in [0.1, 0.15) is 57.1 Å². The second-order valence-electron chi connectivity index (χ2n) is 8.70. The van der Waals surface area contributed by atoms with Gasteiger partial charge in [-0.1, -0.05) is 74.2 Å². The van der Waals surface area contributed by atoms with E-state index < -0.39 is 0 Å². The fraction of sp³-hybridized carbons (Fsp3) is 0.393. The summed E-state index contributed by atoms with van der Waals surface area (Å²) in [6.45, 7) is 8.76. The van der Waals surface area contributed by atoms with Gasteiger partial charge in [-0.2, -0.15) is 0 Å². The smallest absolute Gasteiger partial charge is 0.135 e. The molecule has 2 aromatic rings. The van der Waals surface area contributed by atoms with Crippen LogP contribution in [0.15, 0.2) is 72.8 Å². The predicted molar refractivity (Wildman–Crippen MR) is 128 cm³/mol. The molecule has 2 atom stereocenters. The van der Waals surface area contributed by atoms with Crippen molar-refractivity contribution in [2.24, 2.45) is 11.8 Å². The van der Waals surface area contributed by atoms with Crippen LogP contribution in [0.3, 0.4) is 0 Å². The Morgan fingerprint density at radius 3 is 2.10 bits per heavy atom. The highest BCUT2D eigenvalue weighted by atomic mass is 16.1. The Labute approximate surface area is 182 Å². The van der Waals surface area contributed by atoms with Crippen LogP contribution in [0.2, 0.25) is 0 Å². The van der Waals surface area contributed by atoms with Crippen LogP contribution in [-0.2, 0) is 4.79 Å². The average Bonchev–Trinajstić information content (AvgIpc) is 3.59. The first-order valence-electron chi connectivity index (χ1n) is 11.2. The molecule has 1 fully saturated rings. The average molecular weight is 402 g/mol. The quantitative estimate of drug-likeness (QED) is 0.433. The molecule has 2 aromatic carbocycles. The van der Waals surface area contributed by atoms with E-state index in [0.717, 1.165) is 30.4 Å². The highest BCUT2D eigenvalue weighted by Gasteiger charge is 2.27. The zero-order chi connectivity index (χ0) is 21.5. The molecular weight excluding hydrogens is 366 g/mol. The van der Waals surface area contributed by atoms with Gasteiger partial charge in [-0.15, -0.1) is 0 Å². The summed E-state index contributed by atoms with van der Waals surface area (Å²) in [4.78, 5) is 12.5. The Morgan fingerprint density at radius 1 is 1.00 bits per heavy atom. The number of Topliss-reactive ketones (excluding diaryl/α,β-unsaturated/α-hetero) is 1. The molecule has 0 aromatic heterocycles.